The summed E-state index contributed by atoms with van der Waals surface area (Å²) in [7, 11) is 1.31. The van der Waals surface area contributed by atoms with Crippen molar-refractivity contribution in [2.75, 3.05) is 7.11 Å². The zero-order valence-corrected chi connectivity index (χ0v) is 9.46. The first-order chi connectivity index (χ1) is 6.62. The molecule has 0 aliphatic carbocycles. The Morgan fingerprint density at radius 1 is 0.929 bits per heavy atom. The van der Waals surface area contributed by atoms with Crippen molar-refractivity contribution < 1.29 is 14.9 Å². The molecule has 0 aliphatic rings. The standard InChI is InChI=1S/C11H24O3/c1-3-4-5-6-7-8-9-10-11(12,13)14-2/h12-13H,3-10H2,1-2H3. The quantitative estimate of drug-likeness (QED) is 0.448. The normalized spacial score (nSPS) is 12.0. The van der Waals surface area contributed by atoms with Gasteiger partial charge in [0.25, 0.3) is 5.97 Å². The van der Waals surface area contributed by atoms with Crippen LogP contribution in [0.3, 0.4) is 0 Å². The van der Waals surface area contributed by atoms with E-state index in [1.165, 1.54) is 39.2 Å². The summed E-state index contributed by atoms with van der Waals surface area (Å²) in [4.78, 5) is 0. The van der Waals surface area contributed by atoms with Crippen molar-refractivity contribution in [1.29, 1.82) is 0 Å². The summed E-state index contributed by atoms with van der Waals surface area (Å²) in [5.41, 5.74) is 0. The Bertz CT molecular complexity index is 124. The third-order valence-electron chi connectivity index (χ3n) is 2.43. The maximum Gasteiger partial charge on any atom is 0.277 e. The molecule has 0 amide bonds. The zero-order chi connectivity index (χ0) is 10.9. The summed E-state index contributed by atoms with van der Waals surface area (Å²) in [5.74, 6) is -1.91. The molecule has 0 saturated heterocycles. The highest BCUT2D eigenvalue weighted by atomic mass is 16.8. The van der Waals surface area contributed by atoms with Crippen molar-refractivity contribution in [2.24, 2.45) is 0 Å². The molecule has 14 heavy (non-hydrogen) atoms. The summed E-state index contributed by atoms with van der Waals surface area (Å²) < 4.78 is 4.49. The van der Waals surface area contributed by atoms with Crippen molar-refractivity contribution >= 4 is 0 Å². The van der Waals surface area contributed by atoms with E-state index < -0.39 is 5.97 Å². The topological polar surface area (TPSA) is 49.7 Å². The van der Waals surface area contributed by atoms with Gasteiger partial charge in [0.2, 0.25) is 0 Å². The van der Waals surface area contributed by atoms with E-state index in [9.17, 15) is 0 Å². The molecule has 0 aromatic rings. The van der Waals surface area contributed by atoms with Crippen molar-refractivity contribution in [3.05, 3.63) is 0 Å². The van der Waals surface area contributed by atoms with Gasteiger partial charge in [0.15, 0.2) is 0 Å². The molecule has 3 heteroatoms. The van der Waals surface area contributed by atoms with E-state index in [0.29, 0.717) is 6.42 Å². The molecule has 0 aliphatic heterocycles. The molecular formula is C11H24O3. The second-order valence-corrected chi connectivity index (χ2v) is 3.82. The lowest BCUT2D eigenvalue weighted by Crippen LogP contribution is -2.29. The van der Waals surface area contributed by atoms with Gasteiger partial charge in [-0.05, 0) is 6.42 Å². The molecule has 3 nitrogen and oxygen atoms in total. The molecule has 0 aromatic carbocycles. The molecule has 0 heterocycles. The minimum Gasteiger partial charge on any atom is -0.343 e. The molecule has 0 fully saturated rings. The van der Waals surface area contributed by atoms with Gasteiger partial charge in [-0.1, -0.05) is 45.4 Å². The molecule has 0 unspecified atom stereocenters. The zero-order valence-electron chi connectivity index (χ0n) is 9.46. The van der Waals surface area contributed by atoms with Crippen LogP contribution in [0, 0.1) is 0 Å². The van der Waals surface area contributed by atoms with E-state index in [0.717, 1.165) is 12.8 Å². The summed E-state index contributed by atoms with van der Waals surface area (Å²) in [6.45, 7) is 2.20. The third kappa shape index (κ3) is 8.48. The highest BCUT2D eigenvalue weighted by Crippen LogP contribution is 2.14. The molecule has 0 rings (SSSR count). The number of hydrogen-bond donors (Lipinski definition) is 2. The molecule has 0 atom stereocenters. The van der Waals surface area contributed by atoms with E-state index in [1.807, 2.05) is 0 Å². The Morgan fingerprint density at radius 2 is 1.43 bits per heavy atom. The van der Waals surface area contributed by atoms with Crippen molar-refractivity contribution in [2.45, 2.75) is 64.3 Å². The first kappa shape index (κ1) is 13.9. The molecular weight excluding hydrogens is 180 g/mol. The number of aliphatic hydroxyl groups is 2. The third-order valence-corrected chi connectivity index (χ3v) is 2.43. The minimum atomic E-state index is -1.91. The van der Waals surface area contributed by atoms with Crippen molar-refractivity contribution in [3.63, 3.8) is 0 Å². The van der Waals surface area contributed by atoms with Gasteiger partial charge in [-0.25, -0.2) is 0 Å². The molecule has 0 spiro atoms. The van der Waals surface area contributed by atoms with Crippen molar-refractivity contribution in [3.8, 4) is 0 Å². The Hall–Kier alpha value is -0.120. The molecule has 0 radical (unpaired) electrons. The summed E-state index contributed by atoms with van der Waals surface area (Å²) in [5, 5.41) is 18.2. The summed E-state index contributed by atoms with van der Waals surface area (Å²) >= 11 is 0. The molecule has 2 N–H and O–H groups in total. The lowest BCUT2D eigenvalue weighted by Gasteiger charge is -2.18. The Morgan fingerprint density at radius 3 is 1.93 bits per heavy atom. The highest BCUT2D eigenvalue weighted by Gasteiger charge is 2.20. The van der Waals surface area contributed by atoms with Crippen LogP contribution in [-0.4, -0.2) is 23.3 Å². The first-order valence-electron chi connectivity index (χ1n) is 5.62. The van der Waals surface area contributed by atoms with Crippen LogP contribution >= 0.6 is 0 Å². The van der Waals surface area contributed by atoms with Gasteiger partial charge in [-0.15, -0.1) is 0 Å². The number of unbranched alkanes of at least 4 members (excludes halogenated alkanes) is 6. The van der Waals surface area contributed by atoms with E-state index in [4.69, 9.17) is 10.2 Å². The lowest BCUT2D eigenvalue weighted by atomic mass is 10.1. The summed E-state index contributed by atoms with van der Waals surface area (Å²) in [6, 6.07) is 0. The Labute approximate surface area is 87.1 Å². The average Bonchev–Trinajstić information content (AvgIpc) is 2.16. The van der Waals surface area contributed by atoms with Crippen LogP contribution in [0.1, 0.15) is 58.3 Å². The molecule has 0 bridgehead atoms. The van der Waals surface area contributed by atoms with E-state index in [1.54, 1.807) is 0 Å². The molecule has 86 valence electrons. The van der Waals surface area contributed by atoms with Gasteiger partial charge in [-0.2, -0.15) is 0 Å². The average molecular weight is 204 g/mol. The van der Waals surface area contributed by atoms with E-state index in [-0.39, 0.29) is 0 Å². The van der Waals surface area contributed by atoms with Crippen molar-refractivity contribution in [1.82, 2.24) is 0 Å². The van der Waals surface area contributed by atoms with Gasteiger partial charge in [-0.3, -0.25) is 0 Å². The smallest absolute Gasteiger partial charge is 0.277 e. The monoisotopic (exact) mass is 204 g/mol. The van der Waals surface area contributed by atoms with Crippen LogP contribution in [-0.2, 0) is 4.74 Å². The van der Waals surface area contributed by atoms with Gasteiger partial charge in [0, 0.05) is 13.5 Å². The van der Waals surface area contributed by atoms with E-state index >= 15 is 0 Å². The van der Waals surface area contributed by atoms with Gasteiger partial charge in [0.1, 0.15) is 0 Å². The largest absolute Gasteiger partial charge is 0.343 e. The van der Waals surface area contributed by atoms with Crippen LogP contribution in [0.25, 0.3) is 0 Å². The Balaban J connectivity index is 3.13. The van der Waals surface area contributed by atoms with Crippen LogP contribution in [0.5, 0.6) is 0 Å². The van der Waals surface area contributed by atoms with Gasteiger partial charge >= 0.3 is 0 Å². The predicted octanol–water partition coefficient (Wildman–Crippen LogP) is 2.41. The maximum absolute atomic E-state index is 9.10. The fourth-order valence-electron chi connectivity index (χ4n) is 1.41. The lowest BCUT2D eigenvalue weighted by molar-refractivity contribution is -0.329. The molecule has 0 saturated carbocycles. The second-order valence-electron chi connectivity index (χ2n) is 3.82. The SMILES string of the molecule is CCCCCCCCCC(O)(O)OC. The first-order valence-corrected chi connectivity index (χ1v) is 5.62. The Kier molecular flexibility index (Phi) is 8.14. The number of methoxy groups -OCH3 is 1. The number of rotatable bonds is 9. The second kappa shape index (κ2) is 8.21. The van der Waals surface area contributed by atoms with E-state index in [2.05, 4.69) is 11.7 Å². The molecule has 0 aromatic heterocycles. The fraction of sp³-hybridized carbons (Fsp3) is 1.00. The summed E-state index contributed by atoms with van der Waals surface area (Å²) in [6.07, 6.45) is 8.47. The van der Waals surface area contributed by atoms with Gasteiger partial charge < -0.3 is 14.9 Å². The van der Waals surface area contributed by atoms with Gasteiger partial charge in [0.05, 0.1) is 0 Å². The van der Waals surface area contributed by atoms with Crippen LogP contribution in [0.2, 0.25) is 0 Å². The maximum atomic E-state index is 9.10. The number of hydrogen-bond acceptors (Lipinski definition) is 3. The predicted molar refractivity (Wildman–Crippen MR) is 56.8 cm³/mol. The minimum absolute atomic E-state index is 0.303. The van der Waals surface area contributed by atoms with Crippen LogP contribution in [0.15, 0.2) is 0 Å². The fourth-order valence-corrected chi connectivity index (χ4v) is 1.41. The highest BCUT2D eigenvalue weighted by molar-refractivity contribution is 4.52. The number of ether oxygens (including phenoxy) is 1. The van der Waals surface area contributed by atoms with Crippen LogP contribution in [0.4, 0.5) is 0 Å². The van der Waals surface area contributed by atoms with Crippen LogP contribution < -0.4 is 0 Å².